The van der Waals surface area contributed by atoms with Crippen LogP contribution in [-0.2, 0) is 24.2 Å². The molecule has 0 saturated carbocycles. The molecule has 1 aliphatic rings. The van der Waals surface area contributed by atoms with Gasteiger partial charge in [-0.05, 0) is 55.2 Å². The summed E-state index contributed by atoms with van der Waals surface area (Å²) < 4.78 is 1.95. The number of nitrogens with one attached hydrogen (secondary N) is 1. The van der Waals surface area contributed by atoms with Crippen LogP contribution in [0, 0.1) is 22.7 Å². The number of aromatic nitrogens is 3. The summed E-state index contributed by atoms with van der Waals surface area (Å²) in [6.45, 7) is 9.48. The van der Waals surface area contributed by atoms with E-state index in [2.05, 4.69) is 42.4 Å². The second-order valence-corrected chi connectivity index (χ2v) is 11.9. The smallest absolute Gasteiger partial charge is 0.235 e. The van der Waals surface area contributed by atoms with Gasteiger partial charge in [0.05, 0.1) is 16.3 Å². The Kier molecular flexibility index (Phi) is 7.36. The number of benzene rings is 1. The van der Waals surface area contributed by atoms with E-state index in [4.69, 9.17) is 11.6 Å². The Morgan fingerprint density at radius 3 is 2.79 bits per heavy atom. The van der Waals surface area contributed by atoms with Crippen LogP contribution in [0.4, 0.5) is 5.00 Å². The molecule has 0 bridgehead atoms. The number of halogens is 1. The van der Waals surface area contributed by atoms with Gasteiger partial charge in [-0.25, -0.2) is 0 Å². The first kappa shape index (κ1) is 24.8. The van der Waals surface area contributed by atoms with E-state index in [1.54, 1.807) is 11.3 Å². The minimum absolute atomic E-state index is 0.155. The maximum absolute atomic E-state index is 12.8. The molecule has 178 valence electrons. The zero-order valence-electron chi connectivity index (χ0n) is 19.8. The van der Waals surface area contributed by atoms with E-state index < -0.39 is 0 Å². The molecule has 0 saturated heterocycles. The normalized spacial score (nSPS) is 15.6. The second-order valence-electron chi connectivity index (χ2n) is 9.49. The van der Waals surface area contributed by atoms with Gasteiger partial charge in [0.2, 0.25) is 5.91 Å². The van der Waals surface area contributed by atoms with Crippen molar-refractivity contribution in [1.82, 2.24) is 14.8 Å². The molecule has 2 heterocycles. The number of amides is 1. The predicted octanol–water partition coefficient (Wildman–Crippen LogP) is 6.43. The minimum Gasteiger partial charge on any atom is -0.316 e. The first-order valence-electron chi connectivity index (χ1n) is 11.4. The molecule has 1 N–H and O–H groups in total. The van der Waals surface area contributed by atoms with Crippen LogP contribution in [-0.4, -0.2) is 26.4 Å². The van der Waals surface area contributed by atoms with Gasteiger partial charge in [-0.3, -0.25) is 4.79 Å². The number of nitriles is 1. The fourth-order valence-corrected chi connectivity index (χ4v) is 6.66. The molecule has 1 amide bonds. The Hall–Kier alpha value is -2.34. The van der Waals surface area contributed by atoms with Crippen LogP contribution in [0.1, 0.15) is 50.1 Å². The van der Waals surface area contributed by atoms with Gasteiger partial charge in [-0.15, -0.1) is 21.5 Å². The van der Waals surface area contributed by atoms with Crippen LogP contribution in [0.5, 0.6) is 0 Å². The quantitative estimate of drug-likeness (QED) is 0.384. The molecule has 0 spiro atoms. The van der Waals surface area contributed by atoms with Crippen LogP contribution in [0.3, 0.4) is 0 Å². The van der Waals surface area contributed by atoms with Gasteiger partial charge >= 0.3 is 0 Å². The summed E-state index contributed by atoms with van der Waals surface area (Å²) in [4.78, 5) is 14.0. The number of thiophene rings is 1. The number of carbonyl (C=O) groups excluding carboxylic acids is 1. The maximum Gasteiger partial charge on any atom is 0.235 e. The average Bonchev–Trinajstić information content (AvgIpc) is 3.36. The molecule has 0 radical (unpaired) electrons. The van der Waals surface area contributed by atoms with Crippen molar-refractivity contribution in [3.8, 4) is 17.5 Å². The lowest BCUT2D eigenvalue weighted by molar-refractivity contribution is -0.113. The summed E-state index contributed by atoms with van der Waals surface area (Å²) in [5.74, 6) is 1.29. The van der Waals surface area contributed by atoms with Gasteiger partial charge in [0, 0.05) is 17.0 Å². The SMILES string of the molecule is CCn1c(SCC(=O)Nc2sc3c(c2C#N)CC[C@H](C(C)(C)C)C3)nnc1-c1ccccc1Cl. The highest BCUT2D eigenvalue weighted by Crippen LogP contribution is 2.44. The zero-order valence-corrected chi connectivity index (χ0v) is 22.2. The van der Waals surface area contributed by atoms with Crippen molar-refractivity contribution in [2.24, 2.45) is 11.3 Å². The topological polar surface area (TPSA) is 83.6 Å². The Morgan fingerprint density at radius 1 is 1.35 bits per heavy atom. The van der Waals surface area contributed by atoms with Crippen molar-refractivity contribution in [2.75, 3.05) is 11.1 Å². The molecule has 1 aliphatic carbocycles. The Balaban J connectivity index is 1.46. The second kappa shape index (κ2) is 10.1. The fourth-order valence-electron chi connectivity index (χ4n) is 4.35. The lowest BCUT2D eigenvalue weighted by Crippen LogP contribution is -2.26. The third-order valence-corrected chi connectivity index (χ3v) is 8.80. The molecule has 0 unspecified atom stereocenters. The third kappa shape index (κ3) is 5.02. The summed E-state index contributed by atoms with van der Waals surface area (Å²) in [5, 5.41) is 23.3. The predicted molar refractivity (Wildman–Crippen MR) is 139 cm³/mol. The summed E-state index contributed by atoms with van der Waals surface area (Å²) in [7, 11) is 0. The maximum atomic E-state index is 12.8. The molecule has 1 aromatic carbocycles. The molecule has 1 atom stereocenters. The number of carbonyl (C=O) groups is 1. The van der Waals surface area contributed by atoms with Crippen LogP contribution >= 0.6 is 34.7 Å². The van der Waals surface area contributed by atoms with Crippen molar-refractivity contribution < 1.29 is 4.79 Å². The Bertz CT molecular complexity index is 1250. The molecule has 6 nitrogen and oxygen atoms in total. The van der Waals surface area contributed by atoms with Crippen molar-refractivity contribution >= 4 is 45.6 Å². The van der Waals surface area contributed by atoms with Gasteiger partial charge < -0.3 is 9.88 Å². The van der Waals surface area contributed by atoms with E-state index in [9.17, 15) is 10.1 Å². The lowest BCUT2D eigenvalue weighted by Gasteiger charge is -2.33. The number of rotatable bonds is 6. The molecule has 2 aromatic heterocycles. The zero-order chi connectivity index (χ0) is 24.5. The van der Waals surface area contributed by atoms with Crippen LogP contribution < -0.4 is 5.32 Å². The first-order chi connectivity index (χ1) is 16.2. The highest BCUT2D eigenvalue weighted by Gasteiger charge is 2.32. The molecule has 34 heavy (non-hydrogen) atoms. The minimum atomic E-state index is -0.155. The molecule has 9 heteroatoms. The molecule has 0 aliphatic heterocycles. The van der Waals surface area contributed by atoms with E-state index >= 15 is 0 Å². The molecule has 4 rings (SSSR count). The Labute approximate surface area is 213 Å². The lowest BCUT2D eigenvalue weighted by atomic mass is 9.72. The number of nitrogens with zero attached hydrogens (tertiary/aromatic N) is 4. The monoisotopic (exact) mass is 513 g/mol. The largest absolute Gasteiger partial charge is 0.316 e. The number of hydrogen-bond donors (Lipinski definition) is 1. The summed E-state index contributed by atoms with van der Waals surface area (Å²) in [6.07, 6.45) is 2.94. The van der Waals surface area contributed by atoms with E-state index in [-0.39, 0.29) is 17.1 Å². The van der Waals surface area contributed by atoms with Crippen molar-refractivity contribution in [1.29, 1.82) is 5.26 Å². The van der Waals surface area contributed by atoms with Gasteiger partial charge in [0.15, 0.2) is 11.0 Å². The van der Waals surface area contributed by atoms with E-state index in [0.29, 0.717) is 39.0 Å². The van der Waals surface area contributed by atoms with Gasteiger partial charge in [-0.2, -0.15) is 5.26 Å². The van der Waals surface area contributed by atoms with Crippen LogP contribution in [0.15, 0.2) is 29.4 Å². The third-order valence-electron chi connectivity index (χ3n) is 6.33. The van der Waals surface area contributed by atoms with Crippen molar-refractivity contribution in [3.05, 3.63) is 45.3 Å². The van der Waals surface area contributed by atoms with Crippen LogP contribution in [0.25, 0.3) is 11.4 Å². The first-order valence-corrected chi connectivity index (χ1v) is 13.6. The molecule has 0 fully saturated rings. The van der Waals surface area contributed by atoms with Gasteiger partial charge in [0.25, 0.3) is 0 Å². The Morgan fingerprint density at radius 2 is 2.12 bits per heavy atom. The summed E-state index contributed by atoms with van der Waals surface area (Å²) in [5.41, 5.74) is 2.78. The van der Waals surface area contributed by atoms with E-state index in [1.807, 2.05) is 35.8 Å². The van der Waals surface area contributed by atoms with E-state index in [0.717, 1.165) is 30.4 Å². The summed E-state index contributed by atoms with van der Waals surface area (Å²) in [6, 6.07) is 9.85. The number of fused-ring (bicyclic) bond motifs is 1. The highest BCUT2D eigenvalue weighted by atomic mass is 35.5. The standard InChI is InChI=1S/C25H28ClN5OS2/c1-5-31-22(17-8-6-7-9-19(17)26)29-30-24(31)33-14-21(32)28-23-18(13-27)16-11-10-15(25(2,3)4)12-20(16)34-23/h6-9,15H,5,10-12,14H2,1-4H3,(H,28,32)/t15-/m0/s1. The van der Waals surface area contributed by atoms with Crippen molar-refractivity contribution in [3.63, 3.8) is 0 Å². The van der Waals surface area contributed by atoms with Gasteiger partial charge in [-0.1, -0.05) is 56.3 Å². The molecular formula is C25H28ClN5OS2. The summed E-state index contributed by atoms with van der Waals surface area (Å²) >= 11 is 9.23. The molecule has 3 aromatic rings. The number of anilines is 1. The number of thioether (sulfide) groups is 1. The fraction of sp³-hybridized carbons (Fsp3) is 0.440. The number of hydrogen-bond acceptors (Lipinski definition) is 6. The van der Waals surface area contributed by atoms with Crippen molar-refractivity contribution in [2.45, 2.75) is 58.7 Å². The van der Waals surface area contributed by atoms with Gasteiger partial charge in [0.1, 0.15) is 11.1 Å². The van der Waals surface area contributed by atoms with Crippen LogP contribution in [0.2, 0.25) is 5.02 Å². The highest BCUT2D eigenvalue weighted by molar-refractivity contribution is 7.99. The average molecular weight is 514 g/mol. The van der Waals surface area contributed by atoms with E-state index in [1.165, 1.54) is 16.6 Å². The molecular weight excluding hydrogens is 486 g/mol.